The van der Waals surface area contributed by atoms with Gasteiger partial charge < -0.3 is 5.73 Å². The summed E-state index contributed by atoms with van der Waals surface area (Å²) < 4.78 is 51.0. The van der Waals surface area contributed by atoms with Crippen molar-refractivity contribution in [3.05, 3.63) is 12.4 Å². The molecule has 1 atom stereocenters. The second-order valence-corrected chi connectivity index (χ2v) is 9.28. The number of hydrogen-bond donors (Lipinski definition) is 1. The topological polar surface area (TPSA) is 115 Å². The highest BCUT2D eigenvalue weighted by Crippen LogP contribution is 2.21. The number of sulfone groups is 1. The first-order valence-electron chi connectivity index (χ1n) is 6.71. The molecule has 1 fully saturated rings. The van der Waals surface area contributed by atoms with Crippen LogP contribution in [-0.4, -0.2) is 61.6 Å². The smallest absolute Gasteiger partial charge is 0.246 e. The second-order valence-electron chi connectivity index (χ2n) is 5.16. The summed E-state index contributed by atoms with van der Waals surface area (Å²) in [6.07, 6.45) is 3.46. The zero-order valence-electron chi connectivity index (χ0n) is 11.8. The van der Waals surface area contributed by atoms with Crippen molar-refractivity contribution >= 4 is 19.9 Å². The normalized spacial score (nSPS) is 23.2. The van der Waals surface area contributed by atoms with Crippen LogP contribution in [-0.2, 0) is 26.4 Å². The highest BCUT2D eigenvalue weighted by Gasteiger charge is 2.37. The molecule has 10 heteroatoms. The molecule has 1 saturated heterocycles. The van der Waals surface area contributed by atoms with Crippen molar-refractivity contribution in [1.29, 1.82) is 0 Å². The average Bonchev–Trinajstić information content (AvgIpc) is 2.84. The summed E-state index contributed by atoms with van der Waals surface area (Å²) in [6.45, 7) is 2.64. The van der Waals surface area contributed by atoms with E-state index in [0.717, 1.165) is 0 Å². The third-order valence-corrected chi connectivity index (χ3v) is 7.18. The predicted octanol–water partition coefficient (Wildman–Crippen LogP) is -0.960. The van der Waals surface area contributed by atoms with Gasteiger partial charge in [-0.25, -0.2) is 16.8 Å². The summed E-state index contributed by atoms with van der Waals surface area (Å²) in [6, 6.07) is -0.568. The van der Waals surface area contributed by atoms with Crippen molar-refractivity contribution in [3.8, 4) is 0 Å². The van der Waals surface area contributed by atoms with Gasteiger partial charge in [-0.3, -0.25) is 4.68 Å². The Balaban J connectivity index is 2.20. The maximum absolute atomic E-state index is 12.5. The average molecular weight is 336 g/mol. The molecule has 0 spiro atoms. The first-order chi connectivity index (χ1) is 9.76. The Labute approximate surface area is 124 Å². The number of hydrogen-bond acceptors (Lipinski definition) is 6. The van der Waals surface area contributed by atoms with E-state index in [1.54, 1.807) is 6.92 Å². The number of aromatic nitrogens is 2. The lowest BCUT2D eigenvalue weighted by Crippen LogP contribution is -2.49. The van der Waals surface area contributed by atoms with Gasteiger partial charge in [-0.2, -0.15) is 9.40 Å². The molecule has 0 aliphatic carbocycles. The highest BCUT2D eigenvalue weighted by atomic mass is 32.2. The van der Waals surface area contributed by atoms with Crippen molar-refractivity contribution in [3.63, 3.8) is 0 Å². The van der Waals surface area contributed by atoms with Gasteiger partial charge in [0.25, 0.3) is 0 Å². The number of nitrogens with two attached hydrogens (primary N) is 1. The summed E-state index contributed by atoms with van der Waals surface area (Å²) in [5.41, 5.74) is 5.41. The van der Waals surface area contributed by atoms with Crippen LogP contribution >= 0.6 is 0 Å². The summed E-state index contributed by atoms with van der Waals surface area (Å²) in [5, 5.41) is 4.01. The highest BCUT2D eigenvalue weighted by molar-refractivity contribution is 7.92. The number of sulfonamides is 1. The number of nitrogens with zero attached hydrogens (tertiary/aromatic N) is 3. The molecule has 1 aliphatic rings. The van der Waals surface area contributed by atoms with Gasteiger partial charge in [0.05, 0.1) is 17.7 Å². The number of rotatable bonds is 5. The van der Waals surface area contributed by atoms with Crippen molar-refractivity contribution < 1.29 is 16.8 Å². The summed E-state index contributed by atoms with van der Waals surface area (Å²) in [7, 11) is -6.87. The largest absolute Gasteiger partial charge is 0.330 e. The van der Waals surface area contributed by atoms with E-state index in [-0.39, 0.29) is 22.9 Å². The fourth-order valence-electron chi connectivity index (χ4n) is 2.33. The summed E-state index contributed by atoms with van der Waals surface area (Å²) in [4.78, 5) is 0.0886. The van der Waals surface area contributed by atoms with Crippen LogP contribution in [0.3, 0.4) is 0 Å². The van der Waals surface area contributed by atoms with Gasteiger partial charge in [-0.05, 0) is 19.9 Å². The molecule has 8 nitrogen and oxygen atoms in total. The van der Waals surface area contributed by atoms with Crippen LogP contribution in [0.2, 0.25) is 0 Å². The van der Waals surface area contributed by atoms with Crippen LogP contribution in [0.25, 0.3) is 0 Å². The molecule has 2 heterocycles. The van der Waals surface area contributed by atoms with Gasteiger partial charge in [-0.15, -0.1) is 0 Å². The third-order valence-electron chi connectivity index (χ3n) is 3.42. The minimum Gasteiger partial charge on any atom is -0.330 e. The van der Waals surface area contributed by atoms with E-state index >= 15 is 0 Å². The van der Waals surface area contributed by atoms with Gasteiger partial charge in [0.15, 0.2) is 9.84 Å². The predicted molar refractivity (Wildman–Crippen MR) is 77.9 cm³/mol. The first-order valence-corrected chi connectivity index (χ1v) is 9.97. The Bertz CT molecular complexity index is 696. The van der Waals surface area contributed by atoms with E-state index in [1.165, 1.54) is 21.4 Å². The monoisotopic (exact) mass is 336 g/mol. The van der Waals surface area contributed by atoms with Gasteiger partial charge in [-0.1, -0.05) is 0 Å². The minimum absolute atomic E-state index is 0.0141. The Morgan fingerprint density at radius 2 is 2.19 bits per heavy atom. The molecular formula is C11H20N4O4S2. The minimum atomic E-state index is -3.71. The molecule has 0 radical (unpaired) electrons. The van der Waals surface area contributed by atoms with Crippen molar-refractivity contribution in [2.75, 3.05) is 24.6 Å². The molecule has 1 aromatic heterocycles. The second kappa shape index (κ2) is 6.03. The van der Waals surface area contributed by atoms with E-state index in [1.807, 2.05) is 0 Å². The Kier molecular flexibility index (Phi) is 4.71. The molecule has 0 amide bonds. The van der Waals surface area contributed by atoms with Crippen molar-refractivity contribution in [2.24, 2.45) is 5.73 Å². The van der Waals surface area contributed by atoms with Gasteiger partial charge in [0.1, 0.15) is 4.90 Å². The Hall–Kier alpha value is -0.970. The third kappa shape index (κ3) is 3.62. The van der Waals surface area contributed by atoms with Crippen molar-refractivity contribution in [2.45, 2.75) is 30.8 Å². The van der Waals surface area contributed by atoms with Crippen LogP contribution in [0.4, 0.5) is 0 Å². The van der Waals surface area contributed by atoms with Gasteiger partial charge >= 0.3 is 0 Å². The molecule has 1 aromatic rings. The van der Waals surface area contributed by atoms with E-state index in [0.29, 0.717) is 19.5 Å². The standard InChI is InChI=1S/C11H20N4O4S2/c1-10-9-20(16,17)6-5-15(10)21(18,19)11-7-13-14(8-11)4-2-3-12/h7-8,10H,2-6,9,12H2,1H3. The fourth-order valence-corrected chi connectivity index (χ4v) is 5.68. The molecule has 2 N–H and O–H groups in total. The summed E-state index contributed by atoms with van der Waals surface area (Å²) in [5.74, 6) is -0.286. The lowest BCUT2D eigenvalue weighted by molar-refractivity contribution is 0.356. The van der Waals surface area contributed by atoms with Gasteiger partial charge in [0, 0.05) is 25.3 Å². The molecule has 0 bridgehead atoms. The quantitative estimate of drug-likeness (QED) is 0.740. The Morgan fingerprint density at radius 3 is 2.81 bits per heavy atom. The Morgan fingerprint density at radius 1 is 1.48 bits per heavy atom. The molecule has 1 aliphatic heterocycles. The van der Waals surface area contributed by atoms with E-state index in [9.17, 15) is 16.8 Å². The zero-order valence-corrected chi connectivity index (χ0v) is 13.5. The molecule has 1 unspecified atom stereocenters. The summed E-state index contributed by atoms with van der Waals surface area (Å²) >= 11 is 0. The fraction of sp³-hybridized carbons (Fsp3) is 0.727. The molecule has 21 heavy (non-hydrogen) atoms. The van der Waals surface area contributed by atoms with Crippen LogP contribution in [0.5, 0.6) is 0 Å². The molecular weight excluding hydrogens is 316 g/mol. The van der Waals surface area contributed by atoms with E-state index in [2.05, 4.69) is 5.10 Å². The van der Waals surface area contributed by atoms with Crippen molar-refractivity contribution in [1.82, 2.24) is 14.1 Å². The molecule has 120 valence electrons. The molecule has 2 rings (SSSR count). The molecule has 0 aromatic carbocycles. The maximum atomic E-state index is 12.5. The van der Waals surface area contributed by atoms with Crippen LogP contribution in [0.1, 0.15) is 13.3 Å². The van der Waals surface area contributed by atoms with Gasteiger partial charge in [0.2, 0.25) is 10.0 Å². The van der Waals surface area contributed by atoms with Crippen LogP contribution in [0.15, 0.2) is 17.3 Å². The van der Waals surface area contributed by atoms with Crippen LogP contribution < -0.4 is 5.73 Å². The SMILES string of the molecule is CC1CS(=O)(=O)CCN1S(=O)(=O)c1cnn(CCCN)c1. The van der Waals surface area contributed by atoms with E-state index < -0.39 is 25.9 Å². The molecule has 0 saturated carbocycles. The first kappa shape index (κ1) is 16.4. The lowest BCUT2D eigenvalue weighted by atomic mass is 10.4. The zero-order chi connectivity index (χ0) is 15.7. The maximum Gasteiger partial charge on any atom is 0.246 e. The van der Waals surface area contributed by atoms with E-state index in [4.69, 9.17) is 5.73 Å². The van der Waals surface area contributed by atoms with Crippen LogP contribution in [0, 0.1) is 0 Å². The number of aryl methyl sites for hydroxylation is 1. The lowest BCUT2D eigenvalue weighted by Gasteiger charge is -2.31.